The van der Waals surface area contributed by atoms with Gasteiger partial charge in [0, 0.05) is 11.1 Å². The van der Waals surface area contributed by atoms with Crippen molar-refractivity contribution in [2.24, 2.45) is 0 Å². The van der Waals surface area contributed by atoms with Crippen molar-refractivity contribution in [1.29, 1.82) is 0 Å². The monoisotopic (exact) mass is 296 g/mol. The van der Waals surface area contributed by atoms with Crippen LogP contribution in [0.3, 0.4) is 0 Å². The minimum atomic E-state index is -0.262. The quantitative estimate of drug-likeness (QED) is 0.710. The van der Waals surface area contributed by atoms with Crippen LogP contribution in [-0.2, 0) is 0 Å². The van der Waals surface area contributed by atoms with Crippen LogP contribution in [-0.4, -0.2) is 10.9 Å². The highest BCUT2D eigenvalue weighted by Gasteiger charge is 2.14. The molecule has 3 nitrogen and oxygen atoms in total. The van der Waals surface area contributed by atoms with Gasteiger partial charge in [-0.15, -0.1) is 0 Å². The molecule has 0 saturated heterocycles. The van der Waals surface area contributed by atoms with Crippen molar-refractivity contribution in [3.63, 3.8) is 0 Å². The molecular weight excluding hydrogens is 284 g/mol. The summed E-state index contributed by atoms with van der Waals surface area (Å²) in [5.41, 5.74) is 2.95. The Balaban J connectivity index is 2.00. The third-order valence-corrected chi connectivity index (χ3v) is 3.57. The first-order valence-corrected chi connectivity index (χ1v) is 6.95. The first-order chi connectivity index (χ1) is 10.1. The summed E-state index contributed by atoms with van der Waals surface area (Å²) in [6.07, 6.45) is 0. The highest BCUT2D eigenvalue weighted by Crippen LogP contribution is 2.23. The number of nitrogens with one attached hydrogen (secondary N) is 1. The Morgan fingerprint density at radius 2 is 1.86 bits per heavy atom. The van der Waals surface area contributed by atoms with E-state index in [1.807, 2.05) is 55.5 Å². The molecule has 0 unspecified atom stereocenters. The van der Waals surface area contributed by atoms with Gasteiger partial charge in [0.15, 0.2) is 0 Å². The van der Waals surface area contributed by atoms with Crippen molar-refractivity contribution in [3.8, 4) is 0 Å². The third-order valence-electron chi connectivity index (χ3n) is 3.28. The molecule has 0 aliphatic rings. The molecule has 1 amide bonds. The zero-order valence-electron chi connectivity index (χ0n) is 11.4. The van der Waals surface area contributed by atoms with Crippen molar-refractivity contribution in [1.82, 2.24) is 4.98 Å². The van der Waals surface area contributed by atoms with Crippen LogP contribution < -0.4 is 5.32 Å². The third kappa shape index (κ3) is 2.73. The van der Waals surface area contributed by atoms with E-state index in [1.165, 1.54) is 0 Å². The molecule has 0 radical (unpaired) electrons. The van der Waals surface area contributed by atoms with Crippen molar-refractivity contribution in [3.05, 3.63) is 70.9 Å². The lowest BCUT2D eigenvalue weighted by Crippen LogP contribution is -2.13. The Bertz CT molecular complexity index is 816. The number of rotatable bonds is 2. The molecular formula is C17H13ClN2O. The van der Waals surface area contributed by atoms with E-state index in [9.17, 15) is 4.79 Å². The highest BCUT2D eigenvalue weighted by atomic mass is 35.5. The molecule has 3 rings (SSSR count). The Morgan fingerprint density at radius 3 is 2.62 bits per heavy atom. The molecule has 104 valence electrons. The number of hydrogen-bond donors (Lipinski definition) is 1. The number of carbonyl (C=O) groups excluding carboxylic acids is 1. The van der Waals surface area contributed by atoms with E-state index in [2.05, 4.69) is 10.3 Å². The summed E-state index contributed by atoms with van der Waals surface area (Å²) in [4.78, 5) is 16.7. The topological polar surface area (TPSA) is 42.0 Å². The van der Waals surface area contributed by atoms with Gasteiger partial charge < -0.3 is 5.32 Å². The average Bonchev–Trinajstić information content (AvgIpc) is 2.48. The van der Waals surface area contributed by atoms with Gasteiger partial charge in [0.1, 0.15) is 5.15 Å². The SMILES string of the molecule is Cc1cccc2cc(C(=O)Nc3ccccc3)c(Cl)nc12. The number of benzene rings is 2. The predicted molar refractivity (Wildman–Crippen MR) is 85.9 cm³/mol. The molecule has 0 saturated carbocycles. The molecule has 0 aliphatic heterocycles. The molecule has 4 heteroatoms. The van der Waals surface area contributed by atoms with E-state index < -0.39 is 0 Å². The van der Waals surface area contributed by atoms with Gasteiger partial charge >= 0.3 is 0 Å². The maximum Gasteiger partial charge on any atom is 0.258 e. The second-order valence-electron chi connectivity index (χ2n) is 4.79. The number of aromatic nitrogens is 1. The number of fused-ring (bicyclic) bond motifs is 1. The number of hydrogen-bond acceptors (Lipinski definition) is 2. The number of pyridine rings is 1. The Morgan fingerprint density at radius 1 is 1.10 bits per heavy atom. The van der Waals surface area contributed by atoms with E-state index in [0.717, 1.165) is 22.2 Å². The smallest absolute Gasteiger partial charge is 0.258 e. The summed E-state index contributed by atoms with van der Waals surface area (Å²) >= 11 is 6.16. The van der Waals surface area contributed by atoms with E-state index in [4.69, 9.17) is 11.6 Å². The molecule has 1 aromatic heterocycles. The Hall–Kier alpha value is -2.39. The van der Waals surface area contributed by atoms with E-state index in [-0.39, 0.29) is 11.1 Å². The predicted octanol–water partition coefficient (Wildman–Crippen LogP) is 4.45. The molecule has 1 heterocycles. The van der Waals surface area contributed by atoms with E-state index >= 15 is 0 Å². The molecule has 0 atom stereocenters. The Labute approximate surface area is 127 Å². The van der Waals surface area contributed by atoms with Crippen LogP contribution in [0.5, 0.6) is 0 Å². The zero-order chi connectivity index (χ0) is 14.8. The second kappa shape index (κ2) is 5.54. The van der Waals surface area contributed by atoms with E-state index in [0.29, 0.717) is 5.56 Å². The number of carbonyl (C=O) groups is 1. The largest absolute Gasteiger partial charge is 0.322 e. The minimum Gasteiger partial charge on any atom is -0.322 e. The number of para-hydroxylation sites is 2. The first-order valence-electron chi connectivity index (χ1n) is 6.57. The van der Waals surface area contributed by atoms with Gasteiger partial charge in [-0.2, -0.15) is 0 Å². The lowest BCUT2D eigenvalue weighted by atomic mass is 10.1. The van der Waals surface area contributed by atoms with Crippen molar-refractivity contribution < 1.29 is 4.79 Å². The van der Waals surface area contributed by atoms with Crippen LogP contribution in [0.4, 0.5) is 5.69 Å². The summed E-state index contributed by atoms with van der Waals surface area (Å²) in [6, 6.07) is 16.9. The summed E-state index contributed by atoms with van der Waals surface area (Å²) < 4.78 is 0. The van der Waals surface area contributed by atoms with Gasteiger partial charge in [-0.3, -0.25) is 4.79 Å². The standard InChI is InChI=1S/C17H13ClN2O/c1-11-6-5-7-12-10-14(16(18)20-15(11)12)17(21)19-13-8-3-2-4-9-13/h2-10H,1H3,(H,19,21). The van der Waals surface area contributed by atoms with E-state index in [1.54, 1.807) is 6.07 Å². The van der Waals surface area contributed by atoms with Crippen molar-refractivity contribution in [2.45, 2.75) is 6.92 Å². The fraction of sp³-hybridized carbons (Fsp3) is 0.0588. The van der Waals surface area contributed by atoms with Crippen LogP contribution >= 0.6 is 11.6 Å². The number of nitrogens with zero attached hydrogens (tertiary/aromatic N) is 1. The van der Waals surface area contributed by atoms with Crippen molar-refractivity contribution in [2.75, 3.05) is 5.32 Å². The zero-order valence-corrected chi connectivity index (χ0v) is 12.2. The van der Waals surface area contributed by atoms with Crippen LogP contribution in [0.2, 0.25) is 5.15 Å². The normalized spacial score (nSPS) is 10.6. The first kappa shape index (κ1) is 13.6. The van der Waals surface area contributed by atoms with Gasteiger partial charge in [0.2, 0.25) is 0 Å². The molecule has 0 aliphatic carbocycles. The molecule has 1 N–H and O–H groups in total. The Kier molecular flexibility index (Phi) is 3.59. The fourth-order valence-electron chi connectivity index (χ4n) is 2.20. The highest BCUT2D eigenvalue weighted by molar-refractivity contribution is 6.33. The number of halogens is 1. The molecule has 0 bridgehead atoms. The number of aryl methyl sites for hydroxylation is 1. The number of anilines is 1. The lowest BCUT2D eigenvalue weighted by Gasteiger charge is -2.08. The molecule has 21 heavy (non-hydrogen) atoms. The summed E-state index contributed by atoms with van der Waals surface area (Å²) in [5.74, 6) is -0.262. The van der Waals surface area contributed by atoms with Crippen LogP contribution in [0.15, 0.2) is 54.6 Å². The number of amides is 1. The summed E-state index contributed by atoms with van der Waals surface area (Å²) in [7, 11) is 0. The minimum absolute atomic E-state index is 0.213. The fourth-order valence-corrected chi connectivity index (χ4v) is 2.43. The van der Waals surface area contributed by atoms with Crippen molar-refractivity contribution >= 4 is 34.1 Å². The van der Waals surface area contributed by atoms with Crippen LogP contribution in [0.1, 0.15) is 15.9 Å². The maximum absolute atomic E-state index is 12.3. The van der Waals surface area contributed by atoms with Gasteiger partial charge in [-0.05, 0) is 30.7 Å². The van der Waals surface area contributed by atoms with Crippen LogP contribution in [0.25, 0.3) is 10.9 Å². The molecule has 0 spiro atoms. The molecule has 2 aromatic carbocycles. The second-order valence-corrected chi connectivity index (χ2v) is 5.15. The summed E-state index contributed by atoms with van der Waals surface area (Å²) in [6.45, 7) is 1.97. The molecule has 3 aromatic rings. The van der Waals surface area contributed by atoms with Gasteiger partial charge in [-0.1, -0.05) is 48.0 Å². The lowest BCUT2D eigenvalue weighted by molar-refractivity contribution is 0.102. The summed E-state index contributed by atoms with van der Waals surface area (Å²) in [5, 5.41) is 3.93. The average molecular weight is 297 g/mol. The van der Waals surface area contributed by atoms with Gasteiger partial charge in [0.25, 0.3) is 5.91 Å². The van der Waals surface area contributed by atoms with Gasteiger partial charge in [-0.25, -0.2) is 4.98 Å². The van der Waals surface area contributed by atoms with Crippen LogP contribution in [0, 0.1) is 6.92 Å². The van der Waals surface area contributed by atoms with Gasteiger partial charge in [0.05, 0.1) is 11.1 Å². The maximum atomic E-state index is 12.3. The molecule has 0 fully saturated rings.